The van der Waals surface area contributed by atoms with Crippen molar-refractivity contribution in [2.24, 2.45) is 0 Å². The van der Waals surface area contributed by atoms with Crippen LogP contribution in [0, 0.1) is 0 Å². The highest BCUT2D eigenvalue weighted by Gasteiger charge is 2.16. The SMILES string of the molecule is C[C@H](NC(=O)CNc1cccc(OC[C@H]2CCCO2)c1)c1ccco1. The van der Waals surface area contributed by atoms with Crippen LogP contribution in [0.2, 0.25) is 0 Å². The molecule has 1 amide bonds. The first-order valence-electron chi connectivity index (χ1n) is 8.62. The van der Waals surface area contributed by atoms with Crippen LogP contribution < -0.4 is 15.4 Å². The molecule has 1 saturated heterocycles. The summed E-state index contributed by atoms with van der Waals surface area (Å²) in [7, 11) is 0. The lowest BCUT2D eigenvalue weighted by Gasteiger charge is -2.14. The van der Waals surface area contributed by atoms with Crippen LogP contribution in [0.15, 0.2) is 47.1 Å². The molecule has 1 fully saturated rings. The molecule has 134 valence electrons. The lowest BCUT2D eigenvalue weighted by atomic mass is 10.2. The first kappa shape index (κ1) is 17.4. The van der Waals surface area contributed by atoms with Crippen LogP contribution in [0.4, 0.5) is 5.69 Å². The molecule has 1 aliphatic heterocycles. The van der Waals surface area contributed by atoms with Crippen molar-refractivity contribution in [1.29, 1.82) is 0 Å². The van der Waals surface area contributed by atoms with Gasteiger partial charge in [-0.25, -0.2) is 0 Å². The fourth-order valence-electron chi connectivity index (χ4n) is 2.74. The van der Waals surface area contributed by atoms with E-state index in [0.29, 0.717) is 6.61 Å². The molecule has 0 radical (unpaired) electrons. The molecule has 3 rings (SSSR count). The largest absolute Gasteiger partial charge is 0.491 e. The highest BCUT2D eigenvalue weighted by atomic mass is 16.5. The number of amides is 1. The molecule has 0 aliphatic carbocycles. The van der Waals surface area contributed by atoms with Gasteiger partial charge in [0.2, 0.25) is 5.91 Å². The van der Waals surface area contributed by atoms with E-state index in [2.05, 4.69) is 10.6 Å². The van der Waals surface area contributed by atoms with Gasteiger partial charge in [-0.05, 0) is 44.0 Å². The quantitative estimate of drug-likeness (QED) is 0.770. The maximum Gasteiger partial charge on any atom is 0.239 e. The minimum Gasteiger partial charge on any atom is -0.491 e. The summed E-state index contributed by atoms with van der Waals surface area (Å²) < 4.78 is 16.6. The Morgan fingerprint density at radius 2 is 2.28 bits per heavy atom. The van der Waals surface area contributed by atoms with E-state index in [4.69, 9.17) is 13.9 Å². The summed E-state index contributed by atoms with van der Waals surface area (Å²) in [5.41, 5.74) is 0.839. The fourth-order valence-corrected chi connectivity index (χ4v) is 2.74. The van der Waals surface area contributed by atoms with Gasteiger partial charge < -0.3 is 24.5 Å². The number of benzene rings is 1. The zero-order valence-electron chi connectivity index (χ0n) is 14.4. The smallest absolute Gasteiger partial charge is 0.239 e. The van der Waals surface area contributed by atoms with Crippen molar-refractivity contribution < 1.29 is 18.7 Å². The number of carbonyl (C=O) groups is 1. The molecule has 0 spiro atoms. The summed E-state index contributed by atoms with van der Waals surface area (Å²) in [6.45, 7) is 3.45. The van der Waals surface area contributed by atoms with Crippen LogP contribution >= 0.6 is 0 Å². The zero-order chi connectivity index (χ0) is 17.5. The molecule has 2 atom stereocenters. The number of rotatable bonds is 8. The van der Waals surface area contributed by atoms with Crippen molar-refractivity contribution in [2.75, 3.05) is 25.1 Å². The monoisotopic (exact) mass is 344 g/mol. The molecule has 0 unspecified atom stereocenters. The van der Waals surface area contributed by atoms with Crippen molar-refractivity contribution in [3.63, 3.8) is 0 Å². The van der Waals surface area contributed by atoms with Crippen molar-refractivity contribution >= 4 is 11.6 Å². The number of furan rings is 1. The van der Waals surface area contributed by atoms with Crippen LogP contribution in [0.5, 0.6) is 5.75 Å². The van der Waals surface area contributed by atoms with E-state index < -0.39 is 0 Å². The predicted molar refractivity (Wildman–Crippen MR) is 94.7 cm³/mol. The van der Waals surface area contributed by atoms with E-state index in [9.17, 15) is 4.79 Å². The molecular weight excluding hydrogens is 320 g/mol. The van der Waals surface area contributed by atoms with Crippen LogP contribution in [0.25, 0.3) is 0 Å². The summed E-state index contributed by atoms with van der Waals surface area (Å²) in [6, 6.07) is 11.1. The molecule has 1 aromatic carbocycles. The van der Waals surface area contributed by atoms with E-state index in [1.165, 1.54) is 0 Å². The Balaban J connectivity index is 1.44. The van der Waals surface area contributed by atoms with Gasteiger partial charge in [0.15, 0.2) is 0 Å². The Morgan fingerprint density at radius 3 is 3.04 bits per heavy atom. The number of carbonyl (C=O) groups excluding carboxylic acids is 1. The second-order valence-electron chi connectivity index (χ2n) is 6.13. The van der Waals surface area contributed by atoms with Crippen LogP contribution in [0.3, 0.4) is 0 Å². The number of hydrogen-bond acceptors (Lipinski definition) is 5. The standard InChI is InChI=1S/C19H24N2O4/c1-14(18-8-4-10-24-18)21-19(22)12-20-15-5-2-6-16(11-15)25-13-17-7-3-9-23-17/h2,4-6,8,10-11,14,17,20H,3,7,9,12-13H2,1H3,(H,21,22)/t14-,17+/m0/s1. The molecule has 2 aromatic rings. The topological polar surface area (TPSA) is 72.7 Å². The summed E-state index contributed by atoms with van der Waals surface area (Å²) in [6.07, 6.45) is 3.93. The molecule has 0 bridgehead atoms. The minimum absolute atomic E-state index is 0.102. The summed E-state index contributed by atoms with van der Waals surface area (Å²) in [5.74, 6) is 1.40. The van der Waals surface area contributed by atoms with E-state index in [0.717, 1.165) is 36.6 Å². The maximum atomic E-state index is 12.0. The van der Waals surface area contributed by atoms with Gasteiger partial charge >= 0.3 is 0 Å². The molecular formula is C19H24N2O4. The van der Waals surface area contributed by atoms with Crippen LogP contribution in [0.1, 0.15) is 31.6 Å². The number of nitrogens with one attached hydrogen (secondary N) is 2. The van der Waals surface area contributed by atoms with Crippen molar-refractivity contribution in [3.05, 3.63) is 48.4 Å². The molecule has 6 heteroatoms. The minimum atomic E-state index is -0.162. The Kier molecular flexibility index (Phi) is 5.95. The predicted octanol–water partition coefficient (Wildman–Crippen LogP) is 3.13. The van der Waals surface area contributed by atoms with Gasteiger partial charge in [0.05, 0.1) is 25.0 Å². The average Bonchev–Trinajstić information content (AvgIpc) is 3.32. The summed E-state index contributed by atoms with van der Waals surface area (Å²) in [4.78, 5) is 12.0. The Labute approximate surface area is 147 Å². The lowest BCUT2D eigenvalue weighted by molar-refractivity contribution is -0.120. The number of hydrogen-bond donors (Lipinski definition) is 2. The van der Waals surface area contributed by atoms with Gasteiger partial charge in [0, 0.05) is 18.4 Å². The van der Waals surface area contributed by atoms with Gasteiger partial charge in [-0.15, -0.1) is 0 Å². The molecule has 25 heavy (non-hydrogen) atoms. The van der Waals surface area contributed by atoms with Gasteiger partial charge in [-0.2, -0.15) is 0 Å². The molecule has 2 heterocycles. The Hall–Kier alpha value is -2.47. The highest BCUT2D eigenvalue weighted by Crippen LogP contribution is 2.19. The molecule has 6 nitrogen and oxygen atoms in total. The zero-order valence-corrected chi connectivity index (χ0v) is 14.4. The second kappa shape index (κ2) is 8.58. The normalized spacial score (nSPS) is 17.9. The number of anilines is 1. The van der Waals surface area contributed by atoms with E-state index in [1.54, 1.807) is 12.3 Å². The maximum absolute atomic E-state index is 12.0. The Bertz CT molecular complexity index is 666. The van der Waals surface area contributed by atoms with Crippen molar-refractivity contribution in [3.8, 4) is 5.75 Å². The molecule has 1 aliphatic rings. The van der Waals surface area contributed by atoms with Gasteiger partial charge in [0.25, 0.3) is 0 Å². The third-order valence-electron chi connectivity index (χ3n) is 4.09. The van der Waals surface area contributed by atoms with Crippen LogP contribution in [-0.4, -0.2) is 31.8 Å². The summed E-state index contributed by atoms with van der Waals surface area (Å²) in [5, 5.41) is 6.00. The highest BCUT2D eigenvalue weighted by molar-refractivity contribution is 5.81. The third-order valence-corrected chi connectivity index (χ3v) is 4.09. The van der Waals surface area contributed by atoms with Crippen molar-refractivity contribution in [2.45, 2.75) is 31.9 Å². The van der Waals surface area contributed by atoms with E-state index in [1.807, 2.05) is 37.3 Å². The van der Waals surface area contributed by atoms with Crippen LogP contribution in [-0.2, 0) is 9.53 Å². The van der Waals surface area contributed by atoms with Gasteiger partial charge in [-0.3, -0.25) is 4.79 Å². The van der Waals surface area contributed by atoms with E-state index in [-0.39, 0.29) is 24.6 Å². The second-order valence-corrected chi connectivity index (χ2v) is 6.13. The summed E-state index contributed by atoms with van der Waals surface area (Å²) >= 11 is 0. The third kappa shape index (κ3) is 5.26. The Morgan fingerprint density at radius 1 is 1.36 bits per heavy atom. The molecule has 2 N–H and O–H groups in total. The fraction of sp³-hybridized carbons (Fsp3) is 0.421. The first-order chi connectivity index (χ1) is 12.2. The molecule has 0 saturated carbocycles. The van der Waals surface area contributed by atoms with Gasteiger partial charge in [-0.1, -0.05) is 6.07 Å². The average molecular weight is 344 g/mol. The molecule has 1 aromatic heterocycles. The van der Waals surface area contributed by atoms with E-state index >= 15 is 0 Å². The van der Waals surface area contributed by atoms with Gasteiger partial charge in [0.1, 0.15) is 18.1 Å². The first-order valence-corrected chi connectivity index (χ1v) is 8.62. The lowest BCUT2D eigenvalue weighted by Crippen LogP contribution is -2.31. The van der Waals surface area contributed by atoms with Crippen molar-refractivity contribution in [1.82, 2.24) is 5.32 Å². The number of ether oxygens (including phenoxy) is 2.